The SMILES string of the molecule is CC.CC(C)(C)c1cc(N2CCC(O)C2)cc(C(F)(F)F)c1. The molecule has 0 saturated carbocycles. The molecule has 1 aromatic carbocycles. The van der Waals surface area contributed by atoms with Crippen LogP contribution in [0.15, 0.2) is 18.2 Å². The van der Waals surface area contributed by atoms with Crippen molar-refractivity contribution in [3.05, 3.63) is 29.3 Å². The minimum Gasteiger partial charge on any atom is -0.391 e. The summed E-state index contributed by atoms with van der Waals surface area (Å²) in [6, 6.07) is 4.19. The molecule has 1 aliphatic heterocycles. The van der Waals surface area contributed by atoms with Gasteiger partial charge in [-0.15, -0.1) is 0 Å². The second-order valence-electron chi connectivity index (χ2n) is 6.40. The van der Waals surface area contributed by atoms with Gasteiger partial charge in [-0.2, -0.15) is 13.2 Å². The summed E-state index contributed by atoms with van der Waals surface area (Å²) >= 11 is 0. The number of aliphatic hydroxyl groups is 1. The predicted octanol–water partition coefficient (Wildman–Crippen LogP) is 4.60. The molecule has 0 spiro atoms. The first-order chi connectivity index (χ1) is 10.1. The average molecular weight is 317 g/mol. The molecule has 2 rings (SSSR count). The van der Waals surface area contributed by atoms with Gasteiger partial charge in [-0.1, -0.05) is 34.6 Å². The lowest BCUT2D eigenvalue weighted by Crippen LogP contribution is -2.23. The van der Waals surface area contributed by atoms with E-state index in [1.807, 2.05) is 39.5 Å². The first kappa shape index (κ1) is 18.8. The molecule has 1 saturated heterocycles. The summed E-state index contributed by atoms with van der Waals surface area (Å²) in [5.74, 6) is 0. The molecular formula is C17H26F3NO. The molecular weight excluding hydrogens is 291 g/mol. The zero-order valence-corrected chi connectivity index (χ0v) is 14.0. The second kappa shape index (κ2) is 6.90. The molecule has 5 heteroatoms. The van der Waals surface area contributed by atoms with Gasteiger partial charge in [0.05, 0.1) is 11.7 Å². The highest BCUT2D eigenvalue weighted by Gasteiger charge is 2.33. The number of hydrogen-bond donors (Lipinski definition) is 1. The van der Waals surface area contributed by atoms with Crippen molar-refractivity contribution in [3.63, 3.8) is 0 Å². The van der Waals surface area contributed by atoms with E-state index in [1.165, 1.54) is 12.1 Å². The van der Waals surface area contributed by atoms with Gasteiger partial charge in [0, 0.05) is 18.8 Å². The largest absolute Gasteiger partial charge is 0.416 e. The van der Waals surface area contributed by atoms with Gasteiger partial charge in [0.25, 0.3) is 0 Å². The Labute approximate surface area is 130 Å². The van der Waals surface area contributed by atoms with Crippen LogP contribution in [-0.2, 0) is 11.6 Å². The third-order valence-electron chi connectivity index (χ3n) is 3.64. The molecule has 1 N–H and O–H groups in total. The smallest absolute Gasteiger partial charge is 0.391 e. The van der Waals surface area contributed by atoms with Crippen LogP contribution in [0.5, 0.6) is 0 Å². The molecule has 0 bridgehead atoms. The van der Waals surface area contributed by atoms with Crippen molar-refractivity contribution in [2.24, 2.45) is 0 Å². The molecule has 1 unspecified atom stereocenters. The van der Waals surface area contributed by atoms with E-state index in [9.17, 15) is 18.3 Å². The average Bonchev–Trinajstić information content (AvgIpc) is 2.85. The van der Waals surface area contributed by atoms with E-state index >= 15 is 0 Å². The van der Waals surface area contributed by atoms with Gasteiger partial charge >= 0.3 is 6.18 Å². The van der Waals surface area contributed by atoms with Crippen LogP contribution < -0.4 is 4.90 Å². The van der Waals surface area contributed by atoms with Crippen LogP contribution >= 0.6 is 0 Å². The van der Waals surface area contributed by atoms with Crippen LogP contribution in [-0.4, -0.2) is 24.3 Å². The Kier molecular flexibility index (Phi) is 5.90. The number of β-amino-alcohol motifs (C(OH)–C–C–N with tert-alkyl or cyclic N) is 1. The number of alkyl halides is 3. The monoisotopic (exact) mass is 317 g/mol. The van der Waals surface area contributed by atoms with Gasteiger partial charge in [-0.3, -0.25) is 0 Å². The summed E-state index contributed by atoms with van der Waals surface area (Å²) < 4.78 is 39.1. The van der Waals surface area contributed by atoms with Crippen LogP contribution in [0.3, 0.4) is 0 Å². The second-order valence-corrected chi connectivity index (χ2v) is 6.40. The van der Waals surface area contributed by atoms with Crippen molar-refractivity contribution in [3.8, 4) is 0 Å². The van der Waals surface area contributed by atoms with Gasteiger partial charge in [0.15, 0.2) is 0 Å². The highest BCUT2D eigenvalue weighted by molar-refractivity contribution is 5.54. The van der Waals surface area contributed by atoms with Crippen molar-refractivity contribution >= 4 is 5.69 Å². The molecule has 1 atom stereocenters. The third kappa shape index (κ3) is 4.63. The molecule has 1 fully saturated rings. The fraction of sp³-hybridized carbons (Fsp3) is 0.647. The van der Waals surface area contributed by atoms with Crippen molar-refractivity contribution < 1.29 is 18.3 Å². The maximum Gasteiger partial charge on any atom is 0.416 e. The van der Waals surface area contributed by atoms with E-state index < -0.39 is 17.8 Å². The standard InChI is InChI=1S/C15H20F3NO.C2H6/c1-14(2,3)10-6-11(15(16,17)18)8-12(7-10)19-5-4-13(20)9-19;1-2/h6-8,13,20H,4-5,9H2,1-3H3;1-2H3. The molecule has 22 heavy (non-hydrogen) atoms. The quantitative estimate of drug-likeness (QED) is 0.818. The lowest BCUT2D eigenvalue weighted by molar-refractivity contribution is -0.137. The third-order valence-corrected chi connectivity index (χ3v) is 3.64. The topological polar surface area (TPSA) is 23.5 Å². The van der Waals surface area contributed by atoms with E-state index in [2.05, 4.69) is 0 Å². The molecule has 2 nitrogen and oxygen atoms in total. The number of anilines is 1. The maximum absolute atomic E-state index is 13.0. The summed E-state index contributed by atoms with van der Waals surface area (Å²) in [5, 5.41) is 9.56. The Morgan fingerprint density at radius 3 is 2.00 bits per heavy atom. The van der Waals surface area contributed by atoms with E-state index in [0.717, 1.165) is 0 Å². The Bertz CT molecular complexity index is 459. The predicted molar refractivity (Wildman–Crippen MR) is 84.3 cm³/mol. The maximum atomic E-state index is 13.0. The number of halogens is 3. The fourth-order valence-electron chi connectivity index (χ4n) is 2.37. The van der Waals surface area contributed by atoms with Gasteiger partial charge in [0.1, 0.15) is 0 Å². The van der Waals surface area contributed by atoms with Gasteiger partial charge in [-0.05, 0) is 35.6 Å². The van der Waals surface area contributed by atoms with Crippen molar-refractivity contribution in [1.82, 2.24) is 0 Å². The fourth-order valence-corrected chi connectivity index (χ4v) is 2.37. The first-order valence-electron chi connectivity index (χ1n) is 7.73. The molecule has 0 aromatic heterocycles. The summed E-state index contributed by atoms with van der Waals surface area (Å²) in [4.78, 5) is 1.81. The molecule has 0 amide bonds. The Balaban J connectivity index is 0.00000116. The minimum absolute atomic E-state index is 0.353. The first-order valence-corrected chi connectivity index (χ1v) is 7.73. The van der Waals surface area contributed by atoms with Crippen molar-refractivity contribution in [2.75, 3.05) is 18.0 Å². The molecule has 1 aromatic rings. The van der Waals surface area contributed by atoms with E-state index in [1.54, 1.807) is 6.07 Å². The normalized spacial score (nSPS) is 19.0. The Morgan fingerprint density at radius 1 is 1.05 bits per heavy atom. The number of nitrogens with zero attached hydrogens (tertiary/aromatic N) is 1. The number of rotatable bonds is 1. The van der Waals surface area contributed by atoms with Crippen LogP contribution in [0.25, 0.3) is 0 Å². The summed E-state index contributed by atoms with van der Waals surface area (Å²) in [7, 11) is 0. The number of benzene rings is 1. The van der Waals surface area contributed by atoms with E-state index in [-0.39, 0.29) is 5.41 Å². The highest BCUT2D eigenvalue weighted by atomic mass is 19.4. The molecule has 1 heterocycles. The van der Waals surface area contributed by atoms with Crippen molar-refractivity contribution in [1.29, 1.82) is 0 Å². The van der Waals surface area contributed by atoms with Gasteiger partial charge in [-0.25, -0.2) is 0 Å². The van der Waals surface area contributed by atoms with E-state index in [4.69, 9.17) is 0 Å². The van der Waals surface area contributed by atoms with E-state index in [0.29, 0.717) is 30.8 Å². The number of aliphatic hydroxyl groups excluding tert-OH is 1. The number of hydrogen-bond acceptors (Lipinski definition) is 2. The van der Waals surface area contributed by atoms with Crippen LogP contribution in [0.1, 0.15) is 52.2 Å². The van der Waals surface area contributed by atoms with Crippen LogP contribution in [0, 0.1) is 0 Å². The molecule has 0 aliphatic carbocycles. The van der Waals surface area contributed by atoms with Crippen LogP contribution in [0.4, 0.5) is 18.9 Å². The highest BCUT2D eigenvalue weighted by Crippen LogP contribution is 2.36. The summed E-state index contributed by atoms with van der Waals surface area (Å²) in [5.41, 5.74) is 0.222. The molecule has 126 valence electrons. The van der Waals surface area contributed by atoms with Crippen molar-refractivity contribution in [2.45, 2.75) is 58.7 Å². The molecule has 1 aliphatic rings. The zero-order chi connectivity index (χ0) is 17.1. The summed E-state index contributed by atoms with van der Waals surface area (Å²) in [6.45, 7) is 10.7. The zero-order valence-electron chi connectivity index (χ0n) is 14.0. The molecule has 0 radical (unpaired) electrons. The lowest BCUT2D eigenvalue weighted by Gasteiger charge is -2.25. The summed E-state index contributed by atoms with van der Waals surface area (Å²) in [6.07, 6.45) is -4.21. The Hall–Kier alpha value is -1.23. The lowest BCUT2D eigenvalue weighted by atomic mass is 9.85. The van der Waals surface area contributed by atoms with Crippen LogP contribution in [0.2, 0.25) is 0 Å². The van der Waals surface area contributed by atoms with Gasteiger partial charge < -0.3 is 10.0 Å². The minimum atomic E-state index is -4.35. The van der Waals surface area contributed by atoms with Gasteiger partial charge in [0.2, 0.25) is 0 Å². The Morgan fingerprint density at radius 2 is 1.59 bits per heavy atom.